The SMILES string of the molecule is COc1ccc(-n2nc(C[C@@H](c3cccc(C)c3)c3nnnn3CCC#N)cc2-c2ccc(Cl)c(Cl)c2)cc1. The van der Waals surface area contributed by atoms with E-state index in [1.54, 1.807) is 17.9 Å². The topological polar surface area (TPSA) is 94.4 Å². The van der Waals surface area contributed by atoms with Gasteiger partial charge in [-0.1, -0.05) is 59.1 Å². The summed E-state index contributed by atoms with van der Waals surface area (Å²) in [7, 11) is 1.64. The van der Waals surface area contributed by atoms with Crippen molar-refractivity contribution in [1.82, 2.24) is 30.0 Å². The lowest BCUT2D eigenvalue weighted by molar-refractivity contribution is 0.414. The van der Waals surface area contributed by atoms with Crippen LogP contribution in [-0.2, 0) is 13.0 Å². The minimum absolute atomic E-state index is 0.181. The number of methoxy groups -OCH3 is 1. The van der Waals surface area contributed by atoms with E-state index in [2.05, 4.69) is 52.8 Å². The molecule has 0 spiro atoms. The molecule has 0 radical (unpaired) electrons. The lowest BCUT2D eigenvalue weighted by Crippen LogP contribution is -2.15. The van der Waals surface area contributed by atoms with Crippen LogP contribution in [0.3, 0.4) is 0 Å². The Morgan fingerprint density at radius 2 is 1.82 bits per heavy atom. The number of nitriles is 1. The van der Waals surface area contributed by atoms with E-state index in [0.717, 1.165) is 39.5 Å². The molecule has 8 nitrogen and oxygen atoms in total. The predicted octanol–water partition coefficient (Wildman–Crippen LogP) is 6.44. The van der Waals surface area contributed by atoms with E-state index in [-0.39, 0.29) is 5.92 Å². The van der Waals surface area contributed by atoms with Crippen molar-refractivity contribution in [3.63, 3.8) is 0 Å². The number of halogens is 2. The first-order valence-electron chi connectivity index (χ1n) is 12.3. The van der Waals surface area contributed by atoms with Gasteiger partial charge in [0, 0.05) is 12.0 Å². The highest BCUT2D eigenvalue weighted by atomic mass is 35.5. The highest BCUT2D eigenvalue weighted by Gasteiger charge is 2.24. The minimum Gasteiger partial charge on any atom is -0.497 e. The first kappa shape index (κ1) is 26.4. The van der Waals surface area contributed by atoms with Gasteiger partial charge in [-0.05, 0) is 65.4 Å². The van der Waals surface area contributed by atoms with E-state index in [4.69, 9.17) is 38.3 Å². The van der Waals surface area contributed by atoms with Crippen LogP contribution in [0.2, 0.25) is 10.0 Å². The van der Waals surface area contributed by atoms with E-state index in [9.17, 15) is 0 Å². The monoisotopic (exact) mass is 557 g/mol. The summed E-state index contributed by atoms with van der Waals surface area (Å²) < 4.78 is 8.94. The maximum absolute atomic E-state index is 9.13. The Morgan fingerprint density at radius 3 is 2.54 bits per heavy atom. The highest BCUT2D eigenvalue weighted by Crippen LogP contribution is 2.33. The van der Waals surface area contributed by atoms with Crippen LogP contribution >= 0.6 is 23.2 Å². The van der Waals surface area contributed by atoms with Gasteiger partial charge in [0.2, 0.25) is 0 Å². The smallest absolute Gasteiger partial charge is 0.159 e. The van der Waals surface area contributed by atoms with Gasteiger partial charge in [0.1, 0.15) is 5.75 Å². The summed E-state index contributed by atoms with van der Waals surface area (Å²) in [6, 6.07) is 25.8. The second kappa shape index (κ2) is 11.7. The van der Waals surface area contributed by atoms with E-state index >= 15 is 0 Å². The van der Waals surface area contributed by atoms with Gasteiger partial charge < -0.3 is 4.74 Å². The number of nitrogens with zero attached hydrogens (tertiary/aromatic N) is 7. The van der Waals surface area contributed by atoms with E-state index < -0.39 is 0 Å². The minimum atomic E-state index is -0.181. The fraction of sp³-hybridized carbons (Fsp3) is 0.207. The Morgan fingerprint density at radius 1 is 1.00 bits per heavy atom. The maximum Gasteiger partial charge on any atom is 0.159 e. The zero-order valence-corrected chi connectivity index (χ0v) is 22.9. The van der Waals surface area contributed by atoms with Crippen molar-refractivity contribution in [2.45, 2.75) is 32.2 Å². The quantitative estimate of drug-likeness (QED) is 0.207. The molecule has 5 rings (SSSR count). The summed E-state index contributed by atoms with van der Waals surface area (Å²) in [5.74, 6) is 1.26. The van der Waals surface area contributed by atoms with Crippen LogP contribution in [-0.4, -0.2) is 37.1 Å². The fourth-order valence-electron chi connectivity index (χ4n) is 4.54. The van der Waals surface area contributed by atoms with Gasteiger partial charge >= 0.3 is 0 Å². The normalized spacial score (nSPS) is 11.8. The first-order valence-corrected chi connectivity index (χ1v) is 13.1. The molecule has 2 aromatic heterocycles. The Bertz CT molecular complexity index is 1640. The molecule has 0 aliphatic rings. The van der Waals surface area contributed by atoms with Crippen molar-refractivity contribution in [2.75, 3.05) is 7.11 Å². The number of hydrogen-bond acceptors (Lipinski definition) is 6. The van der Waals surface area contributed by atoms with Gasteiger partial charge in [-0.3, -0.25) is 0 Å². The third-order valence-corrected chi connectivity index (χ3v) is 7.20. The molecular weight excluding hydrogens is 533 g/mol. The zero-order chi connectivity index (χ0) is 27.4. The van der Waals surface area contributed by atoms with Crippen molar-refractivity contribution in [1.29, 1.82) is 5.26 Å². The van der Waals surface area contributed by atoms with Gasteiger partial charge in [-0.25, -0.2) is 9.36 Å². The number of aromatic nitrogens is 6. The second-order valence-corrected chi connectivity index (χ2v) is 9.91. The van der Waals surface area contributed by atoms with Gasteiger partial charge in [-0.15, -0.1) is 5.10 Å². The van der Waals surface area contributed by atoms with E-state index in [1.807, 2.05) is 47.1 Å². The highest BCUT2D eigenvalue weighted by molar-refractivity contribution is 6.42. The molecule has 0 saturated heterocycles. The standard InChI is InChI=1S/C29H25Cl2N7O/c1-19-5-3-6-20(15-19)25(29-33-35-36-37(29)14-4-13-32)17-22-18-28(21-7-12-26(30)27(31)16-21)38(34-22)23-8-10-24(39-2)11-9-23/h3,5-12,15-16,18,25H,4,14,17H2,1-2H3/t25-/m0/s1. The molecule has 0 unspecified atom stereocenters. The Hall–Kier alpha value is -4.19. The van der Waals surface area contributed by atoms with E-state index in [0.29, 0.717) is 35.3 Å². The zero-order valence-electron chi connectivity index (χ0n) is 21.4. The molecule has 3 aromatic carbocycles. The number of rotatable bonds is 9. The molecule has 0 N–H and O–H groups in total. The molecule has 0 amide bonds. The summed E-state index contributed by atoms with van der Waals surface area (Å²) in [6.45, 7) is 2.47. The molecule has 5 aromatic rings. The molecule has 39 heavy (non-hydrogen) atoms. The van der Waals surface area contributed by atoms with Gasteiger partial charge in [-0.2, -0.15) is 10.4 Å². The Kier molecular flexibility index (Phi) is 7.92. The lowest BCUT2D eigenvalue weighted by Gasteiger charge is -2.16. The van der Waals surface area contributed by atoms with Crippen molar-refractivity contribution < 1.29 is 4.74 Å². The molecule has 0 fully saturated rings. The third-order valence-electron chi connectivity index (χ3n) is 6.46. The average Bonchev–Trinajstić information content (AvgIpc) is 3.59. The summed E-state index contributed by atoms with van der Waals surface area (Å²) in [5.41, 5.74) is 5.65. The van der Waals surface area contributed by atoms with Crippen LogP contribution < -0.4 is 4.74 Å². The Labute approximate surface area is 236 Å². The number of benzene rings is 3. The lowest BCUT2D eigenvalue weighted by atomic mass is 9.92. The molecule has 0 aliphatic heterocycles. The molecular formula is C29H25Cl2N7O. The first-order chi connectivity index (χ1) is 19.0. The van der Waals surface area contributed by atoms with Gasteiger partial charge in [0.05, 0.1) is 59.2 Å². The van der Waals surface area contributed by atoms with Crippen LogP contribution in [0.15, 0.2) is 72.8 Å². The van der Waals surface area contributed by atoms with Crippen molar-refractivity contribution in [3.05, 3.63) is 105 Å². The molecule has 0 bridgehead atoms. The number of tetrazole rings is 1. The number of ether oxygens (including phenoxy) is 1. The predicted molar refractivity (Wildman–Crippen MR) is 150 cm³/mol. The maximum atomic E-state index is 9.13. The summed E-state index contributed by atoms with van der Waals surface area (Å²) in [5, 5.41) is 27.6. The van der Waals surface area contributed by atoms with E-state index in [1.165, 1.54) is 0 Å². The van der Waals surface area contributed by atoms with Crippen LogP contribution in [0.1, 0.15) is 35.0 Å². The largest absolute Gasteiger partial charge is 0.497 e. The van der Waals surface area contributed by atoms with Crippen molar-refractivity contribution in [3.8, 4) is 28.8 Å². The van der Waals surface area contributed by atoms with Crippen molar-refractivity contribution >= 4 is 23.2 Å². The van der Waals surface area contributed by atoms with Crippen LogP contribution in [0.5, 0.6) is 5.75 Å². The van der Waals surface area contributed by atoms with Gasteiger partial charge in [0.25, 0.3) is 0 Å². The molecule has 196 valence electrons. The second-order valence-electron chi connectivity index (χ2n) is 9.10. The van der Waals surface area contributed by atoms with Gasteiger partial charge in [0.15, 0.2) is 5.82 Å². The van der Waals surface area contributed by atoms with Crippen LogP contribution in [0, 0.1) is 18.3 Å². The third kappa shape index (κ3) is 5.80. The summed E-state index contributed by atoms with van der Waals surface area (Å²) >= 11 is 12.6. The molecule has 0 saturated carbocycles. The fourth-order valence-corrected chi connectivity index (χ4v) is 4.84. The number of hydrogen-bond donors (Lipinski definition) is 0. The summed E-state index contributed by atoms with van der Waals surface area (Å²) in [4.78, 5) is 0. The molecule has 10 heteroatoms. The average molecular weight is 558 g/mol. The molecule has 0 aliphatic carbocycles. The summed E-state index contributed by atoms with van der Waals surface area (Å²) in [6.07, 6.45) is 0.847. The van der Waals surface area contributed by atoms with Crippen molar-refractivity contribution in [2.24, 2.45) is 0 Å². The number of aryl methyl sites for hydroxylation is 2. The molecule has 1 atom stereocenters. The van der Waals surface area contributed by atoms with Crippen LogP contribution in [0.4, 0.5) is 0 Å². The van der Waals surface area contributed by atoms with Crippen LogP contribution in [0.25, 0.3) is 16.9 Å². The molecule has 2 heterocycles. The Balaban J connectivity index is 1.61.